The minimum Gasteiger partial charge on any atom is -0.320 e. The first kappa shape index (κ1) is 7.32. The van der Waals surface area contributed by atoms with E-state index in [-0.39, 0.29) is 11.5 Å². The van der Waals surface area contributed by atoms with Crippen LogP contribution in [0.4, 0.5) is 4.39 Å². The van der Waals surface area contributed by atoms with Gasteiger partial charge in [-0.15, -0.1) is 0 Å². The first-order valence-electron chi connectivity index (χ1n) is 3.35. The molecular formula is C8H12FN. The minimum atomic E-state index is -0.174. The highest BCUT2D eigenvalue weighted by molar-refractivity contribution is 4.97. The maximum absolute atomic E-state index is 12.8. The maximum Gasteiger partial charge on any atom is 0.194 e. The first-order chi connectivity index (χ1) is 4.52. The molecule has 1 aromatic rings. The van der Waals surface area contributed by atoms with Gasteiger partial charge in [0.2, 0.25) is 0 Å². The van der Waals surface area contributed by atoms with Crippen molar-refractivity contribution in [3.8, 4) is 0 Å². The van der Waals surface area contributed by atoms with Gasteiger partial charge in [-0.25, -0.2) is 0 Å². The van der Waals surface area contributed by atoms with E-state index in [1.807, 2.05) is 20.8 Å². The Morgan fingerprint density at radius 1 is 1.40 bits per heavy atom. The summed E-state index contributed by atoms with van der Waals surface area (Å²) in [5.74, 6) is -0.174. The largest absolute Gasteiger partial charge is 0.320 e. The summed E-state index contributed by atoms with van der Waals surface area (Å²) in [5.41, 5.74) is -0.145. The van der Waals surface area contributed by atoms with Gasteiger partial charge in [0.05, 0.1) is 0 Å². The minimum absolute atomic E-state index is 0.145. The van der Waals surface area contributed by atoms with E-state index in [0.717, 1.165) is 0 Å². The molecule has 0 aliphatic rings. The average molecular weight is 141 g/mol. The Hall–Kier alpha value is -0.790. The molecule has 0 unspecified atom stereocenters. The molecule has 0 spiro atoms. The zero-order chi connectivity index (χ0) is 7.78. The molecule has 1 nitrogen and oxygen atoms in total. The molecule has 0 saturated heterocycles. The maximum atomic E-state index is 12.8. The molecule has 1 heterocycles. The van der Waals surface area contributed by atoms with Gasteiger partial charge in [-0.1, -0.05) is 0 Å². The molecule has 1 aromatic heterocycles. The summed E-state index contributed by atoms with van der Waals surface area (Å²) in [5, 5.41) is 0. The van der Waals surface area contributed by atoms with E-state index in [9.17, 15) is 4.39 Å². The second kappa shape index (κ2) is 2.11. The third-order valence-electron chi connectivity index (χ3n) is 1.42. The first-order valence-corrected chi connectivity index (χ1v) is 3.35. The molecule has 10 heavy (non-hydrogen) atoms. The van der Waals surface area contributed by atoms with Crippen molar-refractivity contribution in [1.82, 2.24) is 4.57 Å². The average Bonchev–Trinajstić information content (AvgIpc) is 2.11. The number of halogens is 1. The number of rotatable bonds is 0. The van der Waals surface area contributed by atoms with Crippen LogP contribution in [0.5, 0.6) is 0 Å². The molecule has 56 valence electrons. The van der Waals surface area contributed by atoms with Gasteiger partial charge in [0.1, 0.15) is 0 Å². The Labute approximate surface area is 60.5 Å². The lowest BCUT2D eigenvalue weighted by molar-refractivity contribution is 0.337. The van der Waals surface area contributed by atoms with Gasteiger partial charge in [-0.05, 0) is 32.9 Å². The topological polar surface area (TPSA) is 4.93 Å². The lowest BCUT2D eigenvalue weighted by Crippen LogP contribution is -2.22. The van der Waals surface area contributed by atoms with E-state index in [2.05, 4.69) is 0 Å². The summed E-state index contributed by atoms with van der Waals surface area (Å²) in [7, 11) is 0. The number of aromatic nitrogens is 1. The normalized spacial score (nSPS) is 12.0. The van der Waals surface area contributed by atoms with Gasteiger partial charge in [0, 0.05) is 11.7 Å². The molecule has 0 radical (unpaired) electrons. The molecule has 0 atom stereocenters. The van der Waals surface area contributed by atoms with Crippen molar-refractivity contribution in [3.05, 3.63) is 24.3 Å². The van der Waals surface area contributed by atoms with Crippen molar-refractivity contribution in [2.45, 2.75) is 26.3 Å². The second-order valence-corrected chi connectivity index (χ2v) is 3.37. The molecule has 0 aliphatic heterocycles. The molecule has 0 aromatic carbocycles. The predicted molar refractivity (Wildman–Crippen MR) is 39.4 cm³/mol. The monoisotopic (exact) mass is 141 g/mol. The number of hydrogen-bond donors (Lipinski definition) is 0. The third-order valence-corrected chi connectivity index (χ3v) is 1.42. The Bertz CT molecular complexity index is 219. The van der Waals surface area contributed by atoms with Gasteiger partial charge in [0.25, 0.3) is 0 Å². The smallest absolute Gasteiger partial charge is 0.194 e. The van der Waals surface area contributed by atoms with Crippen LogP contribution in [0, 0.1) is 5.95 Å². The van der Waals surface area contributed by atoms with Gasteiger partial charge in [0.15, 0.2) is 5.95 Å². The SMILES string of the molecule is CC(C)(C)n1cccc1F. The quantitative estimate of drug-likeness (QED) is 0.522. The van der Waals surface area contributed by atoms with Crippen LogP contribution >= 0.6 is 0 Å². The second-order valence-electron chi connectivity index (χ2n) is 3.37. The summed E-state index contributed by atoms with van der Waals surface area (Å²) in [6.07, 6.45) is 1.75. The van der Waals surface area contributed by atoms with Crippen LogP contribution < -0.4 is 0 Å². The summed E-state index contributed by atoms with van der Waals surface area (Å²) in [6, 6.07) is 3.17. The van der Waals surface area contributed by atoms with Crippen LogP contribution in [-0.2, 0) is 5.54 Å². The molecule has 0 fully saturated rings. The van der Waals surface area contributed by atoms with Gasteiger partial charge in [-0.3, -0.25) is 0 Å². The number of nitrogens with zero attached hydrogens (tertiary/aromatic N) is 1. The van der Waals surface area contributed by atoms with Crippen LogP contribution in [0.2, 0.25) is 0 Å². The van der Waals surface area contributed by atoms with E-state index in [4.69, 9.17) is 0 Å². The summed E-state index contributed by atoms with van der Waals surface area (Å²) >= 11 is 0. The Morgan fingerprint density at radius 2 is 2.00 bits per heavy atom. The fourth-order valence-electron chi connectivity index (χ4n) is 0.904. The van der Waals surface area contributed by atoms with E-state index in [1.54, 1.807) is 16.8 Å². The molecule has 0 aliphatic carbocycles. The zero-order valence-corrected chi connectivity index (χ0v) is 6.56. The van der Waals surface area contributed by atoms with Crippen LogP contribution in [0.1, 0.15) is 20.8 Å². The molecule has 0 bridgehead atoms. The van der Waals surface area contributed by atoms with E-state index in [0.29, 0.717) is 0 Å². The summed E-state index contributed by atoms with van der Waals surface area (Å²) in [6.45, 7) is 5.90. The summed E-state index contributed by atoms with van der Waals surface area (Å²) < 4.78 is 14.4. The summed E-state index contributed by atoms with van der Waals surface area (Å²) in [4.78, 5) is 0. The van der Waals surface area contributed by atoms with Crippen LogP contribution in [-0.4, -0.2) is 4.57 Å². The van der Waals surface area contributed by atoms with E-state index < -0.39 is 0 Å². The van der Waals surface area contributed by atoms with Crippen LogP contribution in [0.3, 0.4) is 0 Å². The molecule has 0 N–H and O–H groups in total. The number of hydrogen-bond acceptors (Lipinski definition) is 0. The predicted octanol–water partition coefficient (Wildman–Crippen LogP) is 2.38. The highest BCUT2D eigenvalue weighted by Gasteiger charge is 2.14. The fourth-order valence-corrected chi connectivity index (χ4v) is 0.904. The Morgan fingerprint density at radius 3 is 2.20 bits per heavy atom. The van der Waals surface area contributed by atoms with Gasteiger partial charge in [-0.2, -0.15) is 4.39 Å². The van der Waals surface area contributed by atoms with Crippen molar-refractivity contribution < 1.29 is 4.39 Å². The standard InChI is InChI=1S/C8H12FN/c1-8(2,3)10-6-4-5-7(10)9/h4-6H,1-3H3. The van der Waals surface area contributed by atoms with Crippen LogP contribution in [0.25, 0.3) is 0 Å². The van der Waals surface area contributed by atoms with Gasteiger partial charge < -0.3 is 4.57 Å². The van der Waals surface area contributed by atoms with Gasteiger partial charge >= 0.3 is 0 Å². The zero-order valence-electron chi connectivity index (χ0n) is 6.56. The Balaban J connectivity index is 3.05. The Kier molecular flexibility index (Phi) is 1.55. The molecule has 2 heteroatoms. The molecule has 0 amide bonds. The van der Waals surface area contributed by atoms with Crippen molar-refractivity contribution in [2.75, 3.05) is 0 Å². The van der Waals surface area contributed by atoms with E-state index in [1.165, 1.54) is 6.07 Å². The highest BCUT2D eigenvalue weighted by atomic mass is 19.1. The molecule has 0 saturated carbocycles. The van der Waals surface area contributed by atoms with Crippen LogP contribution in [0.15, 0.2) is 18.3 Å². The van der Waals surface area contributed by atoms with Crippen molar-refractivity contribution in [2.24, 2.45) is 0 Å². The van der Waals surface area contributed by atoms with Crippen molar-refractivity contribution >= 4 is 0 Å². The fraction of sp³-hybridized carbons (Fsp3) is 0.500. The third kappa shape index (κ3) is 1.20. The van der Waals surface area contributed by atoms with Crippen molar-refractivity contribution in [3.63, 3.8) is 0 Å². The molecular weight excluding hydrogens is 129 g/mol. The van der Waals surface area contributed by atoms with Crippen molar-refractivity contribution in [1.29, 1.82) is 0 Å². The lowest BCUT2D eigenvalue weighted by Gasteiger charge is -2.21. The lowest BCUT2D eigenvalue weighted by atomic mass is 10.1. The molecule has 1 rings (SSSR count). The highest BCUT2D eigenvalue weighted by Crippen LogP contribution is 2.15. The van der Waals surface area contributed by atoms with E-state index >= 15 is 0 Å².